The number of aromatic nitrogens is 4. The molecule has 19 heteroatoms. The van der Waals surface area contributed by atoms with Gasteiger partial charge < -0.3 is 44.3 Å². The first-order valence-corrected chi connectivity index (χ1v) is 29.1. The van der Waals surface area contributed by atoms with E-state index in [9.17, 15) is 28.7 Å². The Morgan fingerprint density at radius 1 is 0.961 bits per heavy atom. The van der Waals surface area contributed by atoms with Crippen LogP contribution in [0.25, 0.3) is 38.2 Å². The van der Waals surface area contributed by atoms with Gasteiger partial charge in [-0.15, -0.1) is 11.3 Å². The average molecular weight is 1140 g/mol. The molecule has 0 unspecified atom stereocenters. The molecule has 3 amide bonds. The van der Waals surface area contributed by atoms with Crippen molar-refractivity contribution in [1.29, 1.82) is 0 Å². The van der Waals surface area contributed by atoms with E-state index in [2.05, 4.69) is 69.7 Å². The maximum Gasteiger partial charge on any atom is 0.283 e. The number of halogens is 2. The van der Waals surface area contributed by atoms with Crippen molar-refractivity contribution < 1.29 is 38.1 Å². The van der Waals surface area contributed by atoms with Crippen molar-refractivity contribution in [2.24, 2.45) is 5.41 Å². The number of amides is 3. The minimum absolute atomic E-state index is 0.0388. The number of likely N-dealkylation sites (tertiary alicyclic amines) is 2. The summed E-state index contributed by atoms with van der Waals surface area (Å²) in [6.07, 6.45) is 6.76. The number of nitrogens with one attached hydrogen (secondary N) is 2. The molecule has 4 fully saturated rings. The van der Waals surface area contributed by atoms with Crippen LogP contribution in [0.4, 0.5) is 4.39 Å². The number of aliphatic hydroxyl groups is 1. The third-order valence-electron chi connectivity index (χ3n) is 16.3. The number of alkyl halides is 1. The van der Waals surface area contributed by atoms with Crippen molar-refractivity contribution in [2.45, 2.75) is 140 Å². The number of benzene rings is 3. The first-order valence-electron chi connectivity index (χ1n) is 27.4. The van der Waals surface area contributed by atoms with Crippen LogP contribution in [-0.4, -0.2) is 135 Å². The highest BCUT2D eigenvalue weighted by atomic mass is 79.9. The number of carbonyl (C=O) groups excluding carboxylic acids is 3. The van der Waals surface area contributed by atoms with Crippen LogP contribution in [0.1, 0.15) is 126 Å². The number of aliphatic hydroxyl groups excluding tert-OH is 1. The number of thiazole rings is 1. The van der Waals surface area contributed by atoms with Crippen molar-refractivity contribution in [3.05, 3.63) is 91.8 Å². The predicted molar refractivity (Wildman–Crippen MR) is 299 cm³/mol. The van der Waals surface area contributed by atoms with Gasteiger partial charge in [0.25, 0.3) is 11.5 Å². The van der Waals surface area contributed by atoms with Crippen LogP contribution in [-0.2, 0) is 23.9 Å². The third-order valence-corrected chi connectivity index (χ3v) is 17.9. The van der Waals surface area contributed by atoms with Gasteiger partial charge in [-0.05, 0) is 140 Å². The molecule has 4 aliphatic rings. The van der Waals surface area contributed by atoms with Gasteiger partial charge in [-0.2, -0.15) is 4.98 Å². The van der Waals surface area contributed by atoms with E-state index in [-0.39, 0.29) is 43.3 Å². The number of β-amino-alcohol motifs (C(OH)–C–C–N with tert-alkyl or cyclic N) is 1. The van der Waals surface area contributed by atoms with E-state index in [1.54, 1.807) is 39.2 Å². The van der Waals surface area contributed by atoms with Gasteiger partial charge in [0.1, 0.15) is 24.4 Å². The number of hydrogen-bond donors (Lipinski definition) is 3. The number of imidazole rings is 1. The Kier molecular flexibility index (Phi) is 16.6. The molecule has 10 rings (SSSR count). The summed E-state index contributed by atoms with van der Waals surface area (Å²) in [7, 11) is 1.65. The third kappa shape index (κ3) is 11.7. The van der Waals surface area contributed by atoms with Crippen molar-refractivity contribution >= 4 is 72.7 Å². The van der Waals surface area contributed by atoms with E-state index in [0.29, 0.717) is 48.5 Å². The smallest absolute Gasteiger partial charge is 0.283 e. The second-order valence-corrected chi connectivity index (χ2v) is 24.4. The fraction of sp³-hybridized carbons (Fsp3) is 0.552. The number of nitrogens with zero attached hydrogens (tertiary/aromatic N) is 6. The lowest BCUT2D eigenvalue weighted by molar-refractivity contribution is -0.145. The van der Waals surface area contributed by atoms with Gasteiger partial charge in [-0.1, -0.05) is 63.9 Å². The molecule has 3 aromatic carbocycles. The van der Waals surface area contributed by atoms with E-state index in [0.717, 1.165) is 114 Å². The lowest BCUT2D eigenvalue weighted by Gasteiger charge is -2.36. The Hall–Kier alpha value is -5.31. The summed E-state index contributed by atoms with van der Waals surface area (Å²) in [5, 5.41) is 17.5. The van der Waals surface area contributed by atoms with Gasteiger partial charge in [-0.3, -0.25) is 23.6 Å². The van der Waals surface area contributed by atoms with Crippen LogP contribution >= 0.6 is 27.3 Å². The van der Waals surface area contributed by atoms with E-state index in [4.69, 9.17) is 19.2 Å². The number of aryl methyl sites for hydroxylation is 1. The highest BCUT2D eigenvalue weighted by Crippen LogP contribution is 2.43. The maximum absolute atomic E-state index is 14.9. The van der Waals surface area contributed by atoms with Crippen molar-refractivity contribution in [1.82, 2.24) is 39.4 Å². The fourth-order valence-electron chi connectivity index (χ4n) is 11.8. The van der Waals surface area contributed by atoms with Crippen LogP contribution in [0.5, 0.6) is 5.75 Å². The minimum atomic E-state index is -1.98. The number of ether oxygens (including phenoxy) is 3. The van der Waals surface area contributed by atoms with Gasteiger partial charge in [0.2, 0.25) is 17.6 Å². The summed E-state index contributed by atoms with van der Waals surface area (Å²) in [6, 6.07) is 16.2. The average Bonchev–Trinajstić information content (AvgIpc) is 4.02. The van der Waals surface area contributed by atoms with Crippen LogP contribution in [0.3, 0.4) is 0 Å². The molecule has 2 aliphatic heterocycles. The number of methoxy groups -OCH3 is 1. The molecule has 4 atom stereocenters. The van der Waals surface area contributed by atoms with Crippen LogP contribution < -0.4 is 20.9 Å². The molecule has 3 aromatic heterocycles. The molecule has 16 nitrogen and oxygen atoms in total. The quantitative estimate of drug-likeness (QED) is 0.0621. The zero-order valence-electron chi connectivity index (χ0n) is 44.8. The Balaban J connectivity index is 0.875. The van der Waals surface area contributed by atoms with Crippen LogP contribution in [0.2, 0.25) is 0 Å². The SMILES string of the molecule is COCCOCCOc1cc2c(cc1C1CCN(CCC[C@H](NC(=O)[C@@H]3C[C@@H](O)CN3C(=O)[C@@H](NC(=O)C3(F)CC3)C(C)(C)C)c3ccc(-c4scnc4C)cc3)CC1)n(C1CCCC1)c1nc(=O)c3c(Br)cccc3n21. The Labute approximate surface area is 461 Å². The number of carbonyl (C=O) groups is 3. The molecular weight excluding hydrogens is 1070 g/mol. The van der Waals surface area contributed by atoms with E-state index in [1.807, 2.05) is 42.8 Å². The summed E-state index contributed by atoms with van der Waals surface area (Å²) >= 11 is 5.22. The van der Waals surface area contributed by atoms with Crippen LogP contribution in [0, 0.1) is 12.3 Å². The second kappa shape index (κ2) is 23.2. The Morgan fingerprint density at radius 3 is 2.39 bits per heavy atom. The minimum Gasteiger partial charge on any atom is -0.491 e. The first-order chi connectivity index (χ1) is 37.0. The number of fused-ring (bicyclic) bond motifs is 5. The standard InChI is InChI=1S/C58H72BrFN8O8S/c1-35-50(77-34-61-35)38-17-15-37(16-18-38)43(62-52(70)47-30-40(69)33-66(47)54(72)51(57(2,3)4)63-55(73)58(60)21-22-58)13-9-23-65-24-19-36(20-25-65)41-31-45-46(32-48(41)76-29-28-75-27-26-74-5)68-44-14-8-12-42(59)49(44)53(71)64-56(68)67(45)39-10-6-7-11-39/h8,12,14-18,31-32,34,36,39-40,43,47,51,69H,6-7,9-11,13,19-30,33H2,1-5H3,(H,62,70)(H,63,73)/t40-,43+,47+,51-/m1/s1. The maximum atomic E-state index is 14.9. The molecule has 2 saturated heterocycles. The van der Waals surface area contributed by atoms with E-state index >= 15 is 0 Å². The Bertz CT molecular complexity index is 3180. The molecule has 3 N–H and O–H groups in total. The lowest BCUT2D eigenvalue weighted by atomic mass is 9.85. The molecule has 0 radical (unpaired) electrons. The topological polar surface area (TPSA) is 182 Å². The fourth-order valence-corrected chi connectivity index (χ4v) is 13.2. The predicted octanol–water partition coefficient (Wildman–Crippen LogP) is 8.97. The lowest BCUT2D eigenvalue weighted by Crippen LogP contribution is -2.59. The summed E-state index contributed by atoms with van der Waals surface area (Å²) in [6.45, 7) is 11.5. The van der Waals surface area contributed by atoms with E-state index < -0.39 is 53.0 Å². The zero-order valence-corrected chi connectivity index (χ0v) is 47.2. The van der Waals surface area contributed by atoms with E-state index in [1.165, 1.54) is 4.90 Å². The molecule has 5 heterocycles. The molecular formula is C58H72BrFN8O8S. The molecule has 412 valence electrons. The molecule has 77 heavy (non-hydrogen) atoms. The number of piperidine rings is 1. The largest absolute Gasteiger partial charge is 0.491 e. The monoisotopic (exact) mass is 1140 g/mol. The first kappa shape index (κ1) is 55.0. The van der Waals surface area contributed by atoms with Gasteiger partial charge >= 0.3 is 0 Å². The summed E-state index contributed by atoms with van der Waals surface area (Å²) in [4.78, 5) is 69.7. The summed E-state index contributed by atoms with van der Waals surface area (Å²) < 4.78 is 37.7. The highest BCUT2D eigenvalue weighted by molar-refractivity contribution is 9.10. The summed E-state index contributed by atoms with van der Waals surface area (Å²) in [5.74, 6) is -0.0771. The zero-order chi connectivity index (χ0) is 54.2. The number of rotatable bonds is 20. The molecule has 0 bridgehead atoms. The normalized spacial score (nSPS) is 20.1. The van der Waals surface area contributed by atoms with Gasteiger partial charge in [0.05, 0.1) is 70.0 Å². The van der Waals surface area contributed by atoms with Crippen molar-refractivity contribution in [3.63, 3.8) is 0 Å². The molecule has 6 aromatic rings. The summed E-state index contributed by atoms with van der Waals surface area (Å²) in [5.41, 5.74) is 5.62. The van der Waals surface area contributed by atoms with Gasteiger partial charge in [-0.25, -0.2) is 9.37 Å². The molecule has 2 aliphatic carbocycles. The van der Waals surface area contributed by atoms with Gasteiger partial charge in [0, 0.05) is 36.7 Å². The number of hydrogen-bond acceptors (Lipinski definition) is 12. The van der Waals surface area contributed by atoms with Gasteiger partial charge in [0.15, 0.2) is 5.67 Å². The highest BCUT2D eigenvalue weighted by Gasteiger charge is 2.53. The second-order valence-electron chi connectivity index (χ2n) is 22.7. The van der Waals surface area contributed by atoms with Crippen LogP contribution in [0.15, 0.2) is 69.4 Å². The van der Waals surface area contributed by atoms with Crippen molar-refractivity contribution in [3.8, 4) is 16.2 Å². The molecule has 2 saturated carbocycles. The molecule has 0 spiro atoms. The Morgan fingerprint density at radius 2 is 1.70 bits per heavy atom. The van der Waals surface area contributed by atoms with Crippen molar-refractivity contribution in [2.75, 3.05) is 59.7 Å².